The van der Waals surface area contributed by atoms with Gasteiger partial charge in [0.25, 0.3) is 0 Å². The topological polar surface area (TPSA) is 39.4 Å². The lowest BCUT2D eigenvalue weighted by Gasteiger charge is -2.06. The SMILES string of the molecule is COc1ccc(C)cc1-c1cn2nc(CC(C)C)sc2n1. The zero-order chi connectivity index (χ0) is 15.0. The van der Waals surface area contributed by atoms with Crippen LogP contribution in [0.1, 0.15) is 24.4 Å². The van der Waals surface area contributed by atoms with E-state index >= 15 is 0 Å². The first kappa shape index (κ1) is 14.1. The molecular weight excluding hydrogens is 282 g/mol. The van der Waals surface area contributed by atoms with Crippen LogP contribution < -0.4 is 4.74 Å². The molecule has 0 fully saturated rings. The van der Waals surface area contributed by atoms with Crippen LogP contribution in [0.4, 0.5) is 0 Å². The quantitative estimate of drug-likeness (QED) is 0.732. The standard InChI is InChI=1S/C16H19N3OS/c1-10(2)7-15-18-19-9-13(17-16(19)21-15)12-8-11(3)5-6-14(12)20-4/h5-6,8-10H,7H2,1-4H3. The number of ether oxygens (including phenoxy) is 1. The summed E-state index contributed by atoms with van der Waals surface area (Å²) in [5.41, 5.74) is 3.11. The molecule has 0 unspecified atom stereocenters. The number of aryl methyl sites for hydroxylation is 1. The minimum Gasteiger partial charge on any atom is -0.496 e. The van der Waals surface area contributed by atoms with Gasteiger partial charge in [-0.1, -0.05) is 36.8 Å². The van der Waals surface area contributed by atoms with Gasteiger partial charge in [-0.25, -0.2) is 9.50 Å². The fourth-order valence-corrected chi connectivity index (χ4v) is 3.41. The second-order valence-electron chi connectivity index (χ2n) is 5.65. The Balaban J connectivity index is 2.02. The molecule has 0 N–H and O–H groups in total. The largest absolute Gasteiger partial charge is 0.496 e. The van der Waals surface area contributed by atoms with Gasteiger partial charge < -0.3 is 4.74 Å². The second-order valence-corrected chi connectivity index (χ2v) is 6.69. The van der Waals surface area contributed by atoms with Crippen LogP contribution in [0.15, 0.2) is 24.4 Å². The molecule has 2 heterocycles. The van der Waals surface area contributed by atoms with E-state index in [9.17, 15) is 0 Å². The molecule has 0 aliphatic carbocycles. The third-order valence-corrected chi connectivity index (χ3v) is 4.24. The van der Waals surface area contributed by atoms with Gasteiger partial charge in [-0.05, 0) is 25.0 Å². The number of methoxy groups -OCH3 is 1. The van der Waals surface area contributed by atoms with Gasteiger partial charge >= 0.3 is 0 Å². The average molecular weight is 301 g/mol. The molecule has 0 spiro atoms. The molecule has 0 aliphatic heterocycles. The summed E-state index contributed by atoms with van der Waals surface area (Å²) in [6.07, 6.45) is 2.98. The van der Waals surface area contributed by atoms with Crippen molar-refractivity contribution in [3.05, 3.63) is 35.0 Å². The summed E-state index contributed by atoms with van der Waals surface area (Å²) in [6.45, 7) is 6.47. The zero-order valence-corrected chi connectivity index (χ0v) is 13.6. The fraction of sp³-hybridized carbons (Fsp3) is 0.375. The minimum absolute atomic E-state index is 0.609. The molecule has 110 valence electrons. The molecule has 3 aromatic rings. The second kappa shape index (κ2) is 5.48. The fourth-order valence-electron chi connectivity index (χ4n) is 2.32. The van der Waals surface area contributed by atoms with Crippen molar-refractivity contribution in [2.24, 2.45) is 5.92 Å². The predicted octanol–water partition coefficient (Wildman–Crippen LogP) is 3.97. The third-order valence-electron chi connectivity index (χ3n) is 3.30. The van der Waals surface area contributed by atoms with Gasteiger partial charge in [-0.3, -0.25) is 0 Å². The molecule has 0 saturated carbocycles. The first-order chi connectivity index (χ1) is 10.1. The van der Waals surface area contributed by atoms with Crippen molar-refractivity contribution in [2.45, 2.75) is 27.2 Å². The molecule has 21 heavy (non-hydrogen) atoms. The number of benzene rings is 1. The number of nitrogens with zero attached hydrogens (tertiary/aromatic N) is 3. The molecule has 0 bridgehead atoms. The van der Waals surface area contributed by atoms with E-state index in [2.05, 4.69) is 31.9 Å². The Morgan fingerprint density at radius 2 is 2.14 bits per heavy atom. The van der Waals surface area contributed by atoms with Crippen LogP contribution >= 0.6 is 11.3 Å². The van der Waals surface area contributed by atoms with E-state index in [1.807, 2.05) is 22.8 Å². The molecule has 0 aliphatic rings. The van der Waals surface area contributed by atoms with E-state index in [1.165, 1.54) is 5.56 Å². The lowest BCUT2D eigenvalue weighted by Crippen LogP contribution is -1.94. The van der Waals surface area contributed by atoms with Gasteiger partial charge in [0.2, 0.25) is 4.96 Å². The Hall–Kier alpha value is -1.88. The number of fused-ring (bicyclic) bond motifs is 1. The van der Waals surface area contributed by atoms with Crippen LogP contribution in [0.5, 0.6) is 5.75 Å². The van der Waals surface area contributed by atoms with Gasteiger partial charge in [0.05, 0.1) is 19.0 Å². The summed E-state index contributed by atoms with van der Waals surface area (Å²) in [4.78, 5) is 5.63. The molecule has 5 heteroatoms. The Labute approximate surface area is 128 Å². The predicted molar refractivity (Wildman–Crippen MR) is 86.1 cm³/mol. The maximum absolute atomic E-state index is 5.44. The first-order valence-corrected chi connectivity index (χ1v) is 7.88. The summed E-state index contributed by atoms with van der Waals surface area (Å²) < 4.78 is 7.31. The van der Waals surface area contributed by atoms with Gasteiger partial charge in [-0.15, -0.1) is 0 Å². The van der Waals surface area contributed by atoms with Crippen molar-refractivity contribution in [1.29, 1.82) is 0 Å². The van der Waals surface area contributed by atoms with Crippen LogP contribution in [0.2, 0.25) is 0 Å². The minimum atomic E-state index is 0.609. The monoisotopic (exact) mass is 301 g/mol. The highest BCUT2D eigenvalue weighted by Gasteiger charge is 2.13. The van der Waals surface area contributed by atoms with Crippen molar-refractivity contribution in [2.75, 3.05) is 7.11 Å². The zero-order valence-electron chi connectivity index (χ0n) is 12.8. The van der Waals surface area contributed by atoms with E-state index in [0.29, 0.717) is 5.92 Å². The molecule has 3 rings (SSSR count). The van der Waals surface area contributed by atoms with Crippen LogP contribution in [-0.2, 0) is 6.42 Å². The Kier molecular flexibility index (Phi) is 3.68. The van der Waals surface area contributed by atoms with Crippen LogP contribution in [-0.4, -0.2) is 21.7 Å². The summed E-state index contributed by atoms with van der Waals surface area (Å²) in [6, 6.07) is 6.12. The summed E-state index contributed by atoms with van der Waals surface area (Å²) in [5, 5.41) is 5.74. The van der Waals surface area contributed by atoms with Gasteiger partial charge in [0.15, 0.2) is 0 Å². The van der Waals surface area contributed by atoms with Crippen molar-refractivity contribution >= 4 is 16.3 Å². The maximum atomic E-state index is 5.44. The van der Waals surface area contributed by atoms with E-state index in [0.717, 1.165) is 33.4 Å². The van der Waals surface area contributed by atoms with Crippen LogP contribution in [0.3, 0.4) is 0 Å². The molecule has 0 saturated heterocycles. The van der Waals surface area contributed by atoms with Gasteiger partial charge in [-0.2, -0.15) is 5.10 Å². The Morgan fingerprint density at radius 3 is 2.81 bits per heavy atom. The lowest BCUT2D eigenvalue weighted by atomic mass is 10.1. The normalized spacial score (nSPS) is 11.5. The van der Waals surface area contributed by atoms with Gasteiger partial charge in [0, 0.05) is 12.0 Å². The third kappa shape index (κ3) is 2.78. The molecule has 0 radical (unpaired) electrons. The summed E-state index contributed by atoms with van der Waals surface area (Å²) in [5.74, 6) is 1.45. The number of hydrogen-bond donors (Lipinski definition) is 0. The summed E-state index contributed by atoms with van der Waals surface area (Å²) >= 11 is 1.66. The molecule has 4 nitrogen and oxygen atoms in total. The number of hydrogen-bond acceptors (Lipinski definition) is 4. The van der Waals surface area contributed by atoms with Crippen molar-refractivity contribution in [3.8, 4) is 17.0 Å². The summed E-state index contributed by atoms with van der Waals surface area (Å²) in [7, 11) is 1.69. The molecule has 0 amide bonds. The lowest BCUT2D eigenvalue weighted by molar-refractivity contribution is 0.416. The Bertz CT molecular complexity index is 742. The number of aromatic nitrogens is 3. The highest BCUT2D eigenvalue weighted by molar-refractivity contribution is 7.16. The molecule has 1 aromatic carbocycles. The molecule has 0 atom stereocenters. The molecule has 2 aromatic heterocycles. The number of rotatable bonds is 4. The van der Waals surface area contributed by atoms with E-state index in [1.54, 1.807) is 18.4 Å². The average Bonchev–Trinajstić information content (AvgIpc) is 2.95. The molecular formula is C16H19N3OS. The van der Waals surface area contributed by atoms with E-state index < -0.39 is 0 Å². The van der Waals surface area contributed by atoms with E-state index in [-0.39, 0.29) is 0 Å². The van der Waals surface area contributed by atoms with Crippen LogP contribution in [0.25, 0.3) is 16.2 Å². The van der Waals surface area contributed by atoms with Crippen molar-refractivity contribution < 1.29 is 4.74 Å². The van der Waals surface area contributed by atoms with Crippen molar-refractivity contribution in [3.63, 3.8) is 0 Å². The van der Waals surface area contributed by atoms with E-state index in [4.69, 9.17) is 9.72 Å². The number of imidazole rings is 1. The highest BCUT2D eigenvalue weighted by atomic mass is 32.1. The maximum Gasteiger partial charge on any atom is 0.212 e. The van der Waals surface area contributed by atoms with Crippen molar-refractivity contribution in [1.82, 2.24) is 14.6 Å². The highest BCUT2D eigenvalue weighted by Crippen LogP contribution is 2.31. The first-order valence-electron chi connectivity index (χ1n) is 7.07. The van der Waals surface area contributed by atoms with Gasteiger partial charge in [0.1, 0.15) is 10.8 Å². The Morgan fingerprint density at radius 1 is 1.33 bits per heavy atom. The van der Waals surface area contributed by atoms with Crippen LogP contribution in [0, 0.1) is 12.8 Å². The smallest absolute Gasteiger partial charge is 0.212 e.